The van der Waals surface area contributed by atoms with Gasteiger partial charge in [-0.15, -0.1) is 0 Å². The summed E-state index contributed by atoms with van der Waals surface area (Å²) >= 11 is 0. The zero-order valence-corrected chi connectivity index (χ0v) is 8.97. The fourth-order valence-electron chi connectivity index (χ4n) is 2.56. The van der Waals surface area contributed by atoms with Crippen LogP contribution in [0, 0.1) is 11.3 Å². The van der Waals surface area contributed by atoms with E-state index in [0.29, 0.717) is 17.9 Å². The minimum Gasteiger partial charge on any atom is -0.396 e. The van der Waals surface area contributed by atoms with Gasteiger partial charge in [-0.1, -0.05) is 26.0 Å². The second kappa shape index (κ2) is 4.28. The maximum Gasteiger partial charge on any atom is 0.0431 e. The van der Waals surface area contributed by atoms with Gasteiger partial charge in [0.2, 0.25) is 0 Å². The SMILES string of the molecule is C=C1CCCC(C)(C)[C@H]1CCCO. The van der Waals surface area contributed by atoms with Gasteiger partial charge in [0.1, 0.15) is 0 Å². The van der Waals surface area contributed by atoms with Crippen molar-refractivity contribution in [1.82, 2.24) is 0 Å². The van der Waals surface area contributed by atoms with Gasteiger partial charge in [0.15, 0.2) is 0 Å². The molecule has 1 saturated carbocycles. The Kier molecular flexibility index (Phi) is 3.55. The number of rotatable bonds is 3. The lowest BCUT2D eigenvalue weighted by molar-refractivity contribution is 0.166. The Hall–Kier alpha value is -0.300. The summed E-state index contributed by atoms with van der Waals surface area (Å²) in [7, 11) is 0. The molecule has 1 heteroatoms. The van der Waals surface area contributed by atoms with Crippen LogP contribution in [0.4, 0.5) is 0 Å². The van der Waals surface area contributed by atoms with E-state index in [1.54, 1.807) is 0 Å². The Morgan fingerprint density at radius 1 is 1.54 bits per heavy atom. The Bertz CT molecular complexity index is 182. The second-order valence-corrected chi connectivity index (χ2v) is 4.92. The molecule has 1 aliphatic rings. The first kappa shape index (κ1) is 10.8. The van der Waals surface area contributed by atoms with Crippen LogP contribution in [0.3, 0.4) is 0 Å². The highest BCUT2D eigenvalue weighted by molar-refractivity contribution is 5.09. The van der Waals surface area contributed by atoms with E-state index in [9.17, 15) is 0 Å². The van der Waals surface area contributed by atoms with E-state index in [0.717, 1.165) is 12.8 Å². The number of aliphatic hydroxyl groups excluding tert-OH is 1. The van der Waals surface area contributed by atoms with Crippen LogP contribution < -0.4 is 0 Å². The van der Waals surface area contributed by atoms with Gasteiger partial charge < -0.3 is 5.11 Å². The fraction of sp³-hybridized carbons (Fsp3) is 0.833. The third kappa shape index (κ3) is 2.57. The lowest BCUT2D eigenvalue weighted by Gasteiger charge is -2.40. The molecule has 0 heterocycles. The highest BCUT2D eigenvalue weighted by Gasteiger charge is 2.33. The van der Waals surface area contributed by atoms with Gasteiger partial charge >= 0.3 is 0 Å². The van der Waals surface area contributed by atoms with Crippen molar-refractivity contribution in [3.63, 3.8) is 0 Å². The number of allylic oxidation sites excluding steroid dienone is 1. The summed E-state index contributed by atoms with van der Waals surface area (Å²) in [4.78, 5) is 0. The Morgan fingerprint density at radius 2 is 2.23 bits per heavy atom. The predicted octanol–water partition coefficient (Wildman–Crippen LogP) is 3.14. The second-order valence-electron chi connectivity index (χ2n) is 4.92. The van der Waals surface area contributed by atoms with Crippen molar-refractivity contribution in [2.45, 2.75) is 46.0 Å². The molecule has 0 saturated heterocycles. The molecule has 0 aromatic rings. The summed E-state index contributed by atoms with van der Waals surface area (Å²) in [5, 5.41) is 8.82. The number of hydrogen-bond acceptors (Lipinski definition) is 1. The number of aliphatic hydroxyl groups is 1. The maximum absolute atomic E-state index is 8.82. The highest BCUT2D eigenvalue weighted by atomic mass is 16.2. The van der Waals surface area contributed by atoms with Gasteiger partial charge in [-0.3, -0.25) is 0 Å². The van der Waals surface area contributed by atoms with Crippen molar-refractivity contribution in [3.05, 3.63) is 12.2 Å². The molecule has 76 valence electrons. The average molecular weight is 182 g/mol. The Morgan fingerprint density at radius 3 is 2.77 bits per heavy atom. The van der Waals surface area contributed by atoms with Crippen LogP contribution in [0.15, 0.2) is 12.2 Å². The van der Waals surface area contributed by atoms with E-state index in [-0.39, 0.29) is 0 Å². The van der Waals surface area contributed by atoms with Crippen LogP contribution in [0.5, 0.6) is 0 Å². The third-order valence-corrected chi connectivity index (χ3v) is 3.41. The number of hydrogen-bond donors (Lipinski definition) is 1. The first-order chi connectivity index (χ1) is 6.08. The molecule has 0 aromatic heterocycles. The topological polar surface area (TPSA) is 20.2 Å². The van der Waals surface area contributed by atoms with Gasteiger partial charge in [0.05, 0.1) is 0 Å². The molecule has 1 atom stereocenters. The summed E-state index contributed by atoms with van der Waals surface area (Å²) in [6.45, 7) is 9.15. The summed E-state index contributed by atoms with van der Waals surface area (Å²) in [5.74, 6) is 0.633. The van der Waals surface area contributed by atoms with Crippen LogP contribution >= 0.6 is 0 Å². The third-order valence-electron chi connectivity index (χ3n) is 3.41. The lowest BCUT2D eigenvalue weighted by Crippen LogP contribution is -2.29. The molecule has 0 unspecified atom stereocenters. The van der Waals surface area contributed by atoms with Crippen LogP contribution in [0.2, 0.25) is 0 Å². The van der Waals surface area contributed by atoms with Gasteiger partial charge in [-0.2, -0.15) is 0 Å². The van der Waals surface area contributed by atoms with Crippen LogP contribution in [0.25, 0.3) is 0 Å². The van der Waals surface area contributed by atoms with Gasteiger partial charge in [-0.05, 0) is 43.4 Å². The van der Waals surface area contributed by atoms with Crippen molar-refractivity contribution in [1.29, 1.82) is 0 Å². The van der Waals surface area contributed by atoms with E-state index in [1.165, 1.54) is 24.8 Å². The van der Waals surface area contributed by atoms with E-state index in [1.807, 2.05) is 0 Å². The van der Waals surface area contributed by atoms with Gasteiger partial charge in [0, 0.05) is 6.61 Å². The molecule has 1 aliphatic carbocycles. The molecule has 0 radical (unpaired) electrons. The fourth-order valence-corrected chi connectivity index (χ4v) is 2.56. The molecule has 0 amide bonds. The van der Waals surface area contributed by atoms with E-state index >= 15 is 0 Å². The summed E-state index contributed by atoms with van der Waals surface area (Å²) in [5.41, 5.74) is 1.81. The van der Waals surface area contributed by atoms with Crippen LogP contribution in [-0.4, -0.2) is 11.7 Å². The predicted molar refractivity (Wildman–Crippen MR) is 56.6 cm³/mol. The van der Waals surface area contributed by atoms with E-state index in [4.69, 9.17) is 5.11 Å². The molecule has 0 aliphatic heterocycles. The van der Waals surface area contributed by atoms with Crippen LogP contribution in [-0.2, 0) is 0 Å². The first-order valence-electron chi connectivity index (χ1n) is 5.36. The van der Waals surface area contributed by atoms with Crippen molar-refractivity contribution in [2.24, 2.45) is 11.3 Å². The largest absolute Gasteiger partial charge is 0.396 e. The van der Waals surface area contributed by atoms with E-state index in [2.05, 4.69) is 20.4 Å². The van der Waals surface area contributed by atoms with Crippen molar-refractivity contribution >= 4 is 0 Å². The van der Waals surface area contributed by atoms with E-state index < -0.39 is 0 Å². The van der Waals surface area contributed by atoms with Crippen molar-refractivity contribution in [3.8, 4) is 0 Å². The molecule has 0 aromatic carbocycles. The van der Waals surface area contributed by atoms with Crippen molar-refractivity contribution in [2.75, 3.05) is 6.61 Å². The first-order valence-corrected chi connectivity index (χ1v) is 5.36. The summed E-state index contributed by atoms with van der Waals surface area (Å²) in [6, 6.07) is 0. The minimum atomic E-state index is 0.319. The Labute approximate surface area is 81.9 Å². The minimum absolute atomic E-state index is 0.319. The molecule has 13 heavy (non-hydrogen) atoms. The average Bonchev–Trinajstić information content (AvgIpc) is 2.02. The zero-order valence-electron chi connectivity index (χ0n) is 8.97. The maximum atomic E-state index is 8.82. The molecule has 0 spiro atoms. The normalized spacial score (nSPS) is 27.6. The lowest BCUT2D eigenvalue weighted by atomic mass is 9.65. The molecule has 1 nitrogen and oxygen atoms in total. The highest BCUT2D eigenvalue weighted by Crippen LogP contribution is 2.45. The summed E-state index contributed by atoms with van der Waals surface area (Å²) < 4.78 is 0. The Balaban J connectivity index is 2.58. The van der Waals surface area contributed by atoms with Gasteiger partial charge in [0.25, 0.3) is 0 Å². The summed E-state index contributed by atoms with van der Waals surface area (Å²) in [6.07, 6.45) is 5.83. The quantitative estimate of drug-likeness (QED) is 0.665. The monoisotopic (exact) mass is 182 g/mol. The zero-order chi connectivity index (χ0) is 9.90. The van der Waals surface area contributed by atoms with Crippen LogP contribution in [0.1, 0.15) is 46.0 Å². The molecule has 1 fully saturated rings. The smallest absolute Gasteiger partial charge is 0.0431 e. The molecule has 1 rings (SSSR count). The molecular weight excluding hydrogens is 160 g/mol. The van der Waals surface area contributed by atoms with Crippen molar-refractivity contribution < 1.29 is 5.11 Å². The van der Waals surface area contributed by atoms with Gasteiger partial charge in [-0.25, -0.2) is 0 Å². The molecule has 1 N–H and O–H groups in total. The molecule has 0 bridgehead atoms. The standard InChI is InChI=1S/C12H22O/c1-10-6-4-8-12(2,3)11(10)7-5-9-13/h11,13H,1,4-9H2,2-3H3/t11-/m0/s1. The molecular formula is C12H22O.